The van der Waals surface area contributed by atoms with Crippen LogP contribution in [0.2, 0.25) is 5.02 Å². The van der Waals surface area contributed by atoms with Crippen molar-refractivity contribution in [1.82, 2.24) is 14.7 Å². The average Bonchev–Trinajstić information content (AvgIpc) is 3.18. The third-order valence-corrected chi connectivity index (χ3v) is 6.13. The Morgan fingerprint density at radius 1 is 1.42 bits per heavy atom. The number of carbonyl (C=O) groups is 1. The van der Waals surface area contributed by atoms with Crippen LogP contribution >= 0.6 is 22.9 Å². The molecule has 1 atom stereocenters. The summed E-state index contributed by atoms with van der Waals surface area (Å²) in [6.45, 7) is 6.43. The van der Waals surface area contributed by atoms with Crippen LogP contribution in [0.5, 0.6) is 0 Å². The summed E-state index contributed by atoms with van der Waals surface area (Å²) >= 11 is 7.79. The van der Waals surface area contributed by atoms with E-state index in [1.807, 2.05) is 53.8 Å². The number of aryl methyl sites for hydroxylation is 1. The number of morpholine rings is 1. The molecule has 136 valence electrons. The summed E-state index contributed by atoms with van der Waals surface area (Å²) in [6.07, 6.45) is 0.0829. The van der Waals surface area contributed by atoms with Crippen LogP contribution in [-0.4, -0.2) is 46.4 Å². The predicted octanol–water partition coefficient (Wildman–Crippen LogP) is 3.97. The maximum atomic E-state index is 12.9. The standard InChI is InChI=1S/C19H20ClN3O2S/c1-12-10-22(7-8-25-12)18(24)17-9-15-13(2)21-23(19(15)26-17)11-14-5-3-4-6-16(14)20/h3-6,9,12H,7-8,10-11H2,1-2H3/t12-/m1/s1. The number of benzene rings is 1. The first-order chi connectivity index (χ1) is 12.5. The number of nitrogens with zero attached hydrogens (tertiary/aromatic N) is 3. The third-order valence-electron chi connectivity index (χ3n) is 4.62. The van der Waals surface area contributed by atoms with Gasteiger partial charge in [-0.1, -0.05) is 29.8 Å². The van der Waals surface area contributed by atoms with Crippen LogP contribution in [0.15, 0.2) is 30.3 Å². The third kappa shape index (κ3) is 3.24. The van der Waals surface area contributed by atoms with Crippen molar-refractivity contribution < 1.29 is 9.53 Å². The summed E-state index contributed by atoms with van der Waals surface area (Å²) in [7, 11) is 0. The molecule has 0 spiro atoms. The molecule has 5 nitrogen and oxygen atoms in total. The minimum absolute atomic E-state index is 0.0741. The molecule has 0 saturated carbocycles. The van der Waals surface area contributed by atoms with E-state index < -0.39 is 0 Å². The Morgan fingerprint density at radius 3 is 3.00 bits per heavy atom. The van der Waals surface area contributed by atoms with Crippen LogP contribution < -0.4 is 0 Å². The molecule has 1 aliphatic heterocycles. The molecular formula is C19H20ClN3O2S. The van der Waals surface area contributed by atoms with Gasteiger partial charge in [0, 0.05) is 23.5 Å². The second kappa shape index (κ2) is 7.02. The highest BCUT2D eigenvalue weighted by atomic mass is 35.5. The van der Waals surface area contributed by atoms with Crippen LogP contribution in [0.1, 0.15) is 27.9 Å². The molecule has 0 bridgehead atoms. The summed E-state index contributed by atoms with van der Waals surface area (Å²) < 4.78 is 7.48. The van der Waals surface area contributed by atoms with Crippen LogP contribution in [0.3, 0.4) is 0 Å². The van der Waals surface area contributed by atoms with Crippen molar-refractivity contribution >= 4 is 39.1 Å². The molecule has 26 heavy (non-hydrogen) atoms. The molecule has 4 rings (SSSR count). The van der Waals surface area contributed by atoms with E-state index in [-0.39, 0.29) is 12.0 Å². The average molecular weight is 390 g/mol. The van der Waals surface area contributed by atoms with Crippen LogP contribution in [0.25, 0.3) is 10.2 Å². The molecule has 2 aromatic heterocycles. The minimum Gasteiger partial charge on any atom is -0.375 e. The maximum absolute atomic E-state index is 12.9. The smallest absolute Gasteiger partial charge is 0.264 e. The molecule has 0 N–H and O–H groups in total. The van der Waals surface area contributed by atoms with E-state index in [9.17, 15) is 4.79 Å². The van der Waals surface area contributed by atoms with Crippen LogP contribution in [0, 0.1) is 6.92 Å². The summed E-state index contributed by atoms with van der Waals surface area (Å²) in [6, 6.07) is 9.74. The second-order valence-corrected chi connectivity index (χ2v) is 8.03. The minimum atomic E-state index is 0.0741. The first-order valence-electron chi connectivity index (χ1n) is 8.64. The van der Waals surface area contributed by atoms with Crippen molar-refractivity contribution in [3.63, 3.8) is 0 Å². The van der Waals surface area contributed by atoms with Gasteiger partial charge in [-0.3, -0.25) is 9.48 Å². The number of thiophene rings is 1. The zero-order chi connectivity index (χ0) is 18.3. The summed E-state index contributed by atoms with van der Waals surface area (Å²) in [5, 5.41) is 6.39. The van der Waals surface area contributed by atoms with Gasteiger partial charge in [0.1, 0.15) is 4.83 Å². The zero-order valence-corrected chi connectivity index (χ0v) is 16.3. The fraction of sp³-hybridized carbons (Fsp3) is 0.368. The summed E-state index contributed by atoms with van der Waals surface area (Å²) in [5.74, 6) is 0.0741. The number of fused-ring (bicyclic) bond motifs is 1. The molecule has 1 aromatic carbocycles. The van der Waals surface area contributed by atoms with Crippen LogP contribution in [-0.2, 0) is 11.3 Å². The highest BCUT2D eigenvalue weighted by Crippen LogP contribution is 2.30. The molecular weight excluding hydrogens is 370 g/mol. The molecule has 0 unspecified atom stereocenters. The van der Waals surface area contributed by atoms with Gasteiger partial charge in [-0.15, -0.1) is 11.3 Å². The molecule has 1 aliphatic rings. The number of hydrogen-bond acceptors (Lipinski definition) is 4. The Morgan fingerprint density at radius 2 is 2.23 bits per heavy atom. The van der Waals surface area contributed by atoms with Crippen molar-refractivity contribution in [2.75, 3.05) is 19.7 Å². The van der Waals surface area contributed by atoms with Crippen molar-refractivity contribution in [3.8, 4) is 0 Å². The van der Waals surface area contributed by atoms with E-state index in [1.54, 1.807) is 0 Å². The van der Waals surface area contributed by atoms with Crippen LogP contribution in [0.4, 0.5) is 0 Å². The Balaban J connectivity index is 1.65. The largest absolute Gasteiger partial charge is 0.375 e. The lowest BCUT2D eigenvalue weighted by Crippen LogP contribution is -2.44. The molecule has 1 saturated heterocycles. The molecule has 1 amide bonds. The van der Waals surface area contributed by atoms with Gasteiger partial charge < -0.3 is 9.64 Å². The van der Waals surface area contributed by atoms with Crippen molar-refractivity contribution in [1.29, 1.82) is 0 Å². The Bertz CT molecular complexity index is 965. The highest BCUT2D eigenvalue weighted by Gasteiger charge is 2.25. The van der Waals surface area contributed by atoms with Gasteiger partial charge in [-0.25, -0.2) is 0 Å². The first-order valence-corrected chi connectivity index (χ1v) is 9.83. The van der Waals surface area contributed by atoms with E-state index in [0.717, 1.165) is 31.4 Å². The molecule has 3 aromatic rings. The summed E-state index contributed by atoms with van der Waals surface area (Å²) in [4.78, 5) is 16.5. The summed E-state index contributed by atoms with van der Waals surface area (Å²) in [5.41, 5.74) is 1.94. The van der Waals surface area contributed by atoms with E-state index in [4.69, 9.17) is 16.3 Å². The van der Waals surface area contributed by atoms with E-state index in [1.165, 1.54) is 11.3 Å². The van der Waals surface area contributed by atoms with Gasteiger partial charge in [-0.05, 0) is 31.5 Å². The van der Waals surface area contributed by atoms with Crippen molar-refractivity contribution in [2.45, 2.75) is 26.5 Å². The maximum Gasteiger partial charge on any atom is 0.264 e. The fourth-order valence-electron chi connectivity index (χ4n) is 3.27. The van der Waals surface area contributed by atoms with Gasteiger partial charge in [0.15, 0.2) is 0 Å². The van der Waals surface area contributed by atoms with Gasteiger partial charge in [-0.2, -0.15) is 5.10 Å². The fourth-order valence-corrected chi connectivity index (χ4v) is 4.60. The first kappa shape index (κ1) is 17.5. The quantitative estimate of drug-likeness (QED) is 0.681. The second-order valence-electron chi connectivity index (χ2n) is 6.60. The van der Waals surface area contributed by atoms with Gasteiger partial charge in [0.05, 0.1) is 29.8 Å². The van der Waals surface area contributed by atoms with Crippen molar-refractivity contribution in [2.24, 2.45) is 0 Å². The topological polar surface area (TPSA) is 47.4 Å². The van der Waals surface area contributed by atoms with Crippen molar-refractivity contribution in [3.05, 3.63) is 51.5 Å². The number of amides is 1. The molecule has 3 heterocycles. The Labute approximate surface area is 161 Å². The molecule has 1 fully saturated rings. The SMILES string of the molecule is Cc1nn(Cc2ccccc2Cl)c2sc(C(=O)N3CCO[C@H](C)C3)cc12. The Kier molecular flexibility index (Phi) is 4.73. The number of hydrogen-bond donors (Lipinski definition) is 0. The number of ether oxygens (including phenoxy) is 1. The lowest BCUT2D eigenvalue weighted by Gasteiger charge is -2.30. The Hall–Kier alpha value is -1.89. The predicted molar refractivity (Wildman–Crippen MR) is 104 cm³/mol. The highest BCUT2D eigenvalue weighted by molar-refractivity contribution is 7.20. The number of carbonyl (C=O) groups excluding carboxylic acids is 1. The van der Waals surface area contributed by atoms with E-state index >= 15 is 0 Å². The van der Waals surface area contributed by atoms with E-state index in [2.05, 4.69) is 5.10 Å². The van der Waals surface area contributed by atoms with E-state index in [0.29, 0.717) is 26.2 Å². The zero-order valence-electron chi connectivity index (χ0n) is 14.7. The molecule has 0 aliphatic carbocycles. The molecule has 0 radical (unpaired) electrons. The number of aromatic nitrogens is 2. The van der Waals surface area contributed by atoms with Gasteiger partial charge >= 0.3 is 0 Å². The van der Waals surface area contributed by atoms with Gasteiger partial charge in [0.25, 0.3) is 5.91 Å². The lowest BCUT2D eigenvalue weighted by atomic mass is 10.2. The lowest BCUT2D eigenvalue weighted by molar-refractivity contribution is -0.0122. The monoisotopic (exact) mass is 389 g/mol. The number of halogens is 1. The van der Waals surface area contributed by atoms with Gasteiger partial charge in [0.2, 0.25) is 0 Å². The normalized spacial score (nSPS) is 17.8. The number of rotatable bonds is 3. The molecule has 7 heteroatoms.